The molecule has 0 aliphatic carbocycles. The molecule has 2 aromatic carbocycles. The summed E-state index contributed by atoms with van der Waals surface area (Å²) in [7, 11) is 0. The average Bonchev–Trinajstić information content (AvgIpc) is 2.73. The number of aromatic carboxylic acids is 1. The molecule has 6 nitrogen and oxygen atoms in total. The molecule has 0 fully saturated rings. The van der Waals surface area contributed by atoms with Gasteiger partial charge in [0.15, 0.2) is 0 Å². The molecule has 0 unspecified atom stereocenters. The first kappa shape index (κ1) is 18.5. The topological polar surface area (TPSA) is 85.2 Å². The summed E-state index contributed by atoms with van der Waals surface area (Å²) < 4.78 is 19.0. The highest BCUT2D eigenvalue weighted by molar-refractivity contribution is 6.03. The highest BCUT2D eigenvalue weighted by Gasteiger charge is 2.15. The first-order chi connectivity index (χ1) is 14.0. The Morgan fingerprint density at radius 1 is 1.00 bits per heavy atom. The normalized spacial score (nSPS) is 10.8. The van der Waals surface area contributed by atoms with Crippen LogP contribution in [0, 0.1) is 5.82 Å². The van der Waals surface area contributed by atoms with E-state index in [4.69, 9.17) is 4.74 Å². The van der Waals surface area contributed by atoms with Crippen LogP contribution < -0.4 is 4.74 Å². The number of aromatic nitrogens is 3. The first-order valence-electron chi connectivity index (χ1n) is 8.96. The lowest BCUT2D eigenvalue weighted by Gasteiger charge is -2.08. The first-order valence-corrected chi connectivity index (χ1v) is 8.96. The lowest BCUT2D eigenvalue weighted by molar-refractivity contribution is 0.0699. The van der Waals surface area contributed by atoms with Gasteiger partial charge in [-0.1, -0.05) is 12.1 Å². The van der Waals surface area contributed by atoms with Crippen LogP contribution in [-0.4, -0.2) is 32.9 Å². The van der Waals surface area contributed by atoms with Gasteiger partial charge in [0.05, 0.1) is 29.1 Å². The summed E-state index contributed by atoms with van der Waals surface area (Å²) >= 11 is 0. The molecule has 2 heterocycles. The summed E-state index contributed by atoms with van der Waals surface area (Å²) in [6.07, 6.45) is 0. The number of carbonyl (C=O) groups is 1. The van der Waals surface area contributed by atoms with E-state index in [1.54, 1.807) is 12.1 Å². The Morgan fingerprint density at radius 3 is 2.52 bits per heavy atom. The van der Waals surface area contributed by atoms with E-state index in [-0.39, 0.29) is 10.9 Å². The Labute approximate surface area is 165 Å². The van der Waals surface area contributed by atoms with Crippen LogP contribution in [0.25, 0.3) is 33.5 Å². The van der Waals surface area contributed by atoms with Gasteiger partial charge in [-0.3, -0.25) is 0 Å². The molecular weight excluding hydrogens is 373 g/mol. The molecule has 0 bridgehead atoms. The maximum absolute atomic E-state index is 13.5. The minimum Gasteiger partial charge on any atom is -0.494 e. The third kappa shape index (κ3) is 3.75. The number of hydrogen-bond acceptors (Lipinski definition) is 5. The standard InChI is InChI=1S/C22H16FN3O3/c1-2-29-15-5-3-4-13(10-15)18-8-9-20(26-25-18)21-12-17(22(27)28)16-11-14(23)6-7-19(16)24-21/h3-12H,2H2,1H3,(H,27,28). The van der Waals surface area contributed by atoms with Crippen LogP contribution in [0.2, 0.25) is 0 Å². The minimum absolute atomic E-state index is 0.0419. The quantitative estimate of drug-likeness (QED) is 0.537. The molecule has 0 aliphatic heterocycles. The third-order valence-corrected chi connectivity index (χ3v) is 4.37. The molecule has 4 aromatic rings. The smallest absolute Gasteiger partial charge is 0.336 e. The number of carboxylic acid groups (broad SMARTS) is 1. The molecule has 144 valence electrons. The molecule has 1 N–H and O–H groups in total. The Bertz CT molecular complexity index is 1210. The predicted molar refractivity (Wildman–Crippen MR) is 106 cm³/mol. The van der Waals surface area contributed by atoms with Crippen molar-refractivity contribution in [2.75, 3.05) is 6.61 Å². The Morgan fingerprint density at radius 2 is 1.79 bits per heavy atom. The van der Waals surface area contributed by atoms with E-state index in [0.29, 0.717) is 29.2 Å². The second-order valence-corrected chi connectivity index (χ2v) is 6.29. The van der Waals surface area contributed by atoms with E-state index >= 15 is 0 Å². The zero-order valence-corrected chi connectivity index (χ0v) is 15.5. The number of carboxylic acids is 1. The molecule has 0 radical (unpaired) electrons. The molecule has 0 amide bonds. The Hall–Kier alpha value is -3.87. The van der Waals surface area contributed by atoms with Crippen LogP contribution in [0.4, 0.5) is 4.39 Å². The Balaban J connectivity index is 1.74. The summed E-state index contributed by atoms with van der Waals surface area (Å²) in [5.74, 6) is -0.944. The molecule has 0 atom stereocenters. The maximum Gasteiger partial charge on any atom is 0.336 e. The zero-order valence-electron chi connectivity index (χ0n) is 15.5. The third-order valence-electron chi connectivity index (χ3n) is 4.37. The molecule has 7 heteroatoms. The SMILES string of the molecule is CCOc1cccc(-c2ccc(-c3cc(C(=O)O)c4cc(F)ccc4n3)nn2)c1. The second-order valence-electron chi connectivity index (χ2n) is 6.29. The van der Waals surface area contributed by atoms with E-state index < -0.39 is 11.8 Å². The van der Waals surface area contributed by atoms with Crippen molar-refractivity contribution in [3.05, 3.63) is 72.0 Å². The molecular formula is C22H16FN3O3. The monoisotopic (exact) mass is 389 g/mol. The van der Waals surface area contributed by atoms with Crippen molar-refractivity contribution in [3.8, 4) is 28.4 Å². The minimum atomic E-state index is -1.17. The lowest BCUT2D eigenvalue weighted by Crippen LogP contribution is -2.02. The summed E-state index contributed by atoms with van der Waals surface area (Å²) in [6.45, 7) is 2.48. The van der Waals surface area contributed by atoms with Crippen molar-refractivity contribution in [1.29, 1.82) is 0 Å². The van der Waals surface area contributed by atoms with Crippen molar-refractivity contribution in [2.45, 2.75) is 6.92 Å². The van der Waals surface area contributed by atoms with E-state index in [2.05, 4.69) is 15.2 Å². The summed E-state index contributed by atoms with van der Waals surface area (Å²) in [5, 5.41) is 18.2. The van der Waals surface area contributed by atoms with E-state index in [1.807, 2.05) is 31.2 Å². The molecule has 0 saturated heterocycles. The average molecular weight is 389 g/mol. The molecule has 29 heavy (non-hydrogen) atoms. The van der Waals surface area contributed by atoms with Gasteiger partial charge in [0.25, 0.3) is 0 Å². The van der Waals surface area contributed by atoms with E-state index in [1.165, 1.54) is 18.2 Å². The van der Waals surface area contributed by atoms with Crippen molar-refractivity contribution in [1.82, 2.24) is 15.2 Å². The fourth-order valence-electron chi connectivity index (χ4n) is 3.04. The number of benzene rings is 2. The van der Waals surface area contributed by atoms with Crippen molar-refractivity contribution in [2.24, 2.45) is 0 Å². The molecule has 0 saturated carbocycles. The lowest BCUT2D eigenvalue weighted by atomic mass is 10.1. The van der Waals surface area contributed by atoms with Gasteiger partial charge < -0.3 is 9.84 Å². The summed E-state index contributed by atoms with van der Waals surface area (Å²) in [6, 6.07) is 16.2. The van der Waals surface area contributed by atoms with Crippen LogP contribution in [0.5, 0.6) is 5.75 Å². The molecule has 2 aromatic heterocycles. The van der Waals surface area contributed by atoms with Crippen LogP contribution in [0.15, 0.2) is 60.7 Å². The van der Waals surface area contributed by atoms with E-state index in [9.17, 15) is 14.3 Å². The van der Waals surface area contributed by atoms with Gasteiger partial charge in [-0.2, -0.15) is 0 Å². The number of fused-ring (bicyclic) bond motifs is 1. The van der Waals surface area contributed by atoms with Gasteiger partial charge >= 0.3 is 5.97 Å². The predicted octanol–water partition coefficient (Wildman–Crippen LogP) is 4.59. The van der Waals surface area contributed by atoms with Gasteiger partial charge in [-0.05, 0) is 55.5 Å². The number of halogens is 1. The van der Waals surface area contributed by atoms with Crippen LogP contribution in [-0.2, 0) is 0 Å². The van der Waals surface area contributed by atoms with Crippen LogP contribution in [0.3, 0.4) is 0 Å². The van der Waals surface area contributed by atoms with Crippen LogP contribution >= 0.6 is 0 Å². The van der Waals surface area contributed by atoms with Crippen molar-refractivity contribution in [3.63, 3.8) is 0 Å². The summed E-state index contributed by atoms with van der Waals surface area (Å²) in [5.41, 5.74) is 2.60. The van der Waals surface area contributed by atoms with Crippen molar-refractivity contribution >= 4 is 16.9 Å². The Kier molecular flexibility index (Phi) is 4.87. The van der Waals surface area contributed by atoms with E-state index in [0.717, 1.165) is 17.4 Å². The number of nitrogens with zero attached hydrogens (tertiary/aromatic N) is 3. The number of pyridine rings is 1. The van der Waals surface area contributed by atoms with Gasteiger partial charge in [0.2, 0.25) is 0 Å². The second kappa shape index (κ2) is 7.63. The number of rotatable bonds is 5. The zero-order chi connectivity index (χ0) is 20.4. The fraction of sp³-hybridized carbons (Fsp3) is 0.0909. The van der Waals surface area contributed by atoms with Crippen LogP contribution in [0.1, 0.15) is 17.3 Å². The van der Waals surface area contributed by atoms with Crippen molar-refractivity contribution < 1.29 is 19.0 Å². The molecule has 0 spiro atoms. The van der Waals surface area contributed by atoms with Gasteiger partial charge in [0.1, 0.15) is 17.3 Å². The van der Waals surface area contributed by atoms with Gasteiger partial charge in [-0.25, -0.2) is 14.2 Å². The highest BCUT2D eigenvalue weighted by atomic mass is 19.1. The maximum atomic E-state index is 13.5. The highest BCUT2D eigenvalue weighted by Crippen LogP contribution is 2.26. The molecule has 4 rings (SSSR count). The fourth-order valence-corrected chi connectivity index (χ4v) is 3.04. The number of hydrogen-bond donors (Lipinski definition) is 1. The largest absolute Gasteiger partial charge is 0.494 e. The number of ether oxygens (including phenoxy) is 1. The molecule has 0 aliphatic rings. The van der Waals surface area contributed by atoms with Gasteiger partial charge in [0, 0.05) is 10.9 Å². The summed E-state index contributed by atoms with van der Waals surface area (Å²) in [4.78, 5) is 16.1. The van der Waals surface area contributed by atoms with Gasteiger partial charge in [-0.15, -0.1) is 10.2 Å².